The minimum Gasteiger partial charge on any atom is -0.478 e. The van der Waals surface area contributed by atoms with Crippen LogP contribution in [0.2, 0.25) is 0 Å². The Balaban J connectivity index is 3.04. The zero-order valence-corrected chi connectivity index (χ0v) is 12.1. The predicted molar refractivity (Wildman–Crippen MR) is 79.1 cm³/mol. The van der Waals surface area contributed by atoms with Crippen LogP contribution in [0.5, 0.6) is 0 Å². The van der Waals surface area contributed by atoms with Gasteiger partial charge in [-0.1, -0.05) is 6.92 Å². The van der Waals surface area contributed by atoms with Crippen molar-refractivity contribution in [2.45, 2.75) is 26.8 Å². The van der Waals surface area contributed by atoms with E-state index >= 15 is 0 Å². The Labute approximate surface area is 122 Å². The normalized spacial score (nSPS) is 13.1. The molecule has 7 nitrogen and oxygen atoms in total. The molecule has 0 saturated heterocycles. The molecule has 1 aromatic rings. The Morgan fingerprint density at radius 3 is 2.29 bits per heavy atom. The molecule has 5 N–H and O–H groups in total. The number of carbonyl (C=O) groups excluding carboxylic acids is 2. The maximum Gasteiger partial charge on any atom is 0.337 e. The van der Waals surface area contributed by atoms with Crippen molar-refractivity contribution in [3.63, 3.8) is 0 Å². The van der Waals surface area contributed by atoms with Crippen LogP contribution in [0.1, 0.15) is 31.1 Å². The SMILES string of the molecule is CC(=O)Nc1ccc(NC(=O)C(C)C(C)N)c(C(=O)O)c1. The molecule has 0 heterocycles. The van der Waals surface area contributed by atoms with Gasteiger partial charge >= 0.3 is 5.97 Å². The van der Waals surface area contributed by atoms with Crippen molar-refractivity contribution in [1.82, 2.24) is 0 Å². The molecule has 0 aromatic heterocycles. The first-order valence-electron chi connectivity index (χ1n) is 6.43. The molecule has 1 aromatic carbocycles. The van der Waals surface area contributed by atoms with Crippen molar-refractivity contribution < 1.29 is 19.5 Å². The number of benzene rings is 1. The van der Waals surface area contributed by atoms with E-state index in [-0.39, 0.29) is 29.1 Å². The highest BCUT2D eigenvalue weighted by atomic mass is 16.4. The van der Waals surface area contributed by atoms with Crippen LogP contribution in [0.15, 0.2) is 18.2 Å². The van der Waals surface area contributed by atoms with E-state index in [0.717, 1.165) is 0 Å². The molecule has 114 valence electrons. The minimum absolute atomic E-state index is 0.105. The topological polar surface area (TPSA) is 122 Å². The number of rotatable bonds is 5. The number of hydrogen-bond acceptors (Lipinski definition) is 4. The van der Waals surface area contributed by atoms with Crippen molar-refractivity contribution in [3.05, 3.63) is 23.8 Å². The number of anilines is 2. The van der Waals surface area contributed by atoms with Gasteiger partial charge in [0, 0.05) is 18.7 Å². The molecule has 0 saturated carbocycles. The van der Waals surface area contributed by atoms with Crippen molar-refractivity contribution in [2.24, 2.45) is 11.7 Å². The Hall–Kier alpha value is -2.41. The molecule has 0 radical (unpaired) electrons. The van der Waals surface area contributed by atoms with Gasteiger partial charge in [-0.15, -0.1) is 0 Å². The van der Waals surface area contributed by atoms with Gasteiger partial charge in [0.1, 0.15) is 0 Å². The number of carboxylic acids is 1. The predicted octanol–water partition coefficient (Wildman–Crippen LogP) is 1.26. The van der Waals surface area contributed by atoms with Gasteiger partial charge in [0.15, 0.2) is 0 Å². The highest BCUT2D eigenvalue weighted by Gasteiger charge is 2.20. The molecule has 2 unspecified atom stereocenters. The highest BCUT2D eigenvalue weighted by Crippen LogP contribution is 2.21. The van der Waals surface area contributed by atoms with E-state index in [9.17, 15) is 19.5 Å². The fourth-order valence-corrected chi connectivity index (χ4v) is 1.60. The van der Waals surface area contributed by atoms with Crippen LogP contribution in [-0.2, 0) is 9.59 Å². The van der Waals surface area contributed by atoms with E-state index in [1.807, 2.05) is 0 Å². The fraction of sp³-hybridized carbons (Fsp3) is 0.357. The monoisotopic (exact) mass is 293 g/mol. The van der Waals surface area contributed by atoms with Crippen LogP contribution in [-0.4, -0.2) is 28.9 Å². The number of nitrogens with two attached hydrogens (primary N) is 1. The van der Waals surface area contributed by atoms with Gasteiger partial charge in [0.05, 0.1) is 17.2 Å². The van der Waals surface area contributed by atoms with E-state index in [1.165, 1.54) is 25.1 Å². The Morgan fingerprint density at radius 1 is 1.19 bits per heavy atom. The molecule has 0 aliphatic carbocycles. The Kier molecular flexibility index (Phi) is 5.43. The quantitative estimate of drug-likeness (QED) is 0.651. The molecule has 2 atom stereocenters. The van der Waals surface area contributed by atoms with Crippen molar-refractivity contribution in [2.75, 3.05) is 10.6 Å². The maximum absolute atomic E-state index is 11.9. The third-order valence-electron chi connectivity index (χ3n) is 3.03. The van der Waals surface area contributed by atoms with E-state index < -0.39 is 11.9 Å². The zero-order chi connectivity index (χ0) is 16.2. The summed E-state index contributed by atoms with van der Waals surface area (Å²) in [5.41, 5.74) is 6.04. The lowest BCUT2D eigenvalue weighted by atomic mass is 10.0. The Bertz CT molecular complexity index is 569. The Morgan fingerprint density at radius 2 is 1.81 bits per heavy atom. The smallest absolute Gasteiger partial charge is 0.337 e. The van der Waals surface area contributed by atoms with Gasteiger partial charge in [-0.05, 0) is 25.1 Å². The van der Waals surface area contributed by atoms with Crippen LogP contribution in [0.3, 0.4) is 0 Å². The molecule has 2 amide bonds. The standard InChI is InChI=1S/C14H19N3O4/c1-7(8(2)15)13(19)17-12-5-4-10(16-9(3)18)6-11(12)14(20)21/h4-8H,15H2,1-3H3,(H,16,18)(H,17,19)(H,20,21). The molecule has 0 bridgehead atoms. The number of aromatic carboxylic acids is 1. The highest BCUT2D eigenvalue weighted by molar-refractivity contribution is 6.02. The number of hydrogen-bond donors (Lipinski definition) is 4. The summed E-state index contributed by atoms with van der Waals surface area (Å²) in [6.07, 6.45) is 0. The molecular weight excluding hydrogens is 274 g/mol. The summed E-state index contributed by atoms with van der Waals surface area (Å²) in [4.78, 5) is 34.2. The average Bonchev–Trinajstić information content (AvgIpc) is 2.38. The van der Waals surface area contributed by atoms with Crippen LogP contribution in [0.25, 0.3) is 0 Å². The van der Waals surface area contributed by atoms with Gasteiger partial charge in [0.2, 0.25) is 11.8 Å². The molecule has 7 heteroatoms. The average molecular weight is 293 g/mol. The van der Waals surface area contributed by atoms with Crippen LogP contribution >= 0.6 is 0 Å². The summed E-state index contributed by atoms with van der Waals surface area (Å²) in [6.45, 7) is 4.68. The second kappa shape index (κ2) is 6.85. The molecule has 0 aliphatic rings. The minimum atomic E-state index is -1.20. The lowest BCUT2D eigenvalue weighted by Gasteiger charge is -2.17. The lowest BCUT2D eigenvalue weighted by molar-refractivity contribution is -0.119. The summed E-state index contributed by atoms with van der Waals surface area (Å²) in [5.74, 6) is -2.33. The summed E-state index contributed by atoms with van der Waals surface area (Å²) in [6, 6.07) is 3.88. The first kappa shape index (κ1) is 16.6. The number of nitrogens with one attached hydrogen (secondary N) is 2. The van der Waals surface area contributed by atoms with Gasteiger partial charge in [-0.2, -0.15) is 0 Å². The second-order valence-corrected chi connectivity index (χ2v) is 4.88. The van der Waals surface area contributed by atoms with Gasteiger partial charge in [0.25, 0.3) is 0 Å². The number of carboxylic acid groups (broad SMARTS) is 1. The second-order valence-electron chi connectivity index (χ2n) is 4.88. The van der Waals surface area contributed by atoms with E-state index in [4.69, 9.17) is 5.73 Å². The third kappa shape index (κ3) is 4.57. The molecule has 1 rings (SSSR count). The van der Waals surface area contributed by atoms with Crippen molar-refractivity contribution >= 4 is 29.2 Å². The van der Waals surface area contributed by atoms with Gasteiger partial charge in [-0.25, -0.2) is 4.79 Å². The zero-order valence-electron chi connectivity index (χ0n) is 12.1. The molecule has 0 fully saturated rings. The summed E-state index contributed by atoms with van der Waals surface area (Å²) in [7, 11) is 0. The van der Waals surface area contributed by atoms with E-state index in [2.05, 4.69) is 10.6 Å². The van der Waals surface area contributed by atoms with Crippen LogP contribution in [0.4, 0.5) is 11.4 Å². The first-order chi connectivity index (χ1) is 9.72. The summed E-state index contributed by atoms with van der Waals surface area (Å²) in [5, 5.41) is 14.2. The van der Waals surface area contributed by atoms with Crippen molar-refractivity contribution in [3.8, 4) is 0 Å². The van der Waals surface area contributed by atoms with Crippen molar-refractivity contribution in [1.29, 1.82) is 0 Å². The van der Waals surface area contributed by atoms with Gasteiger partial charge < -0.3 is 21.5 Å². The molecule has 0 aliphatic heterocycles. The number of carbonyl (C=O) groups is 3. The first-order valence-corrected chi connectivity index (χ1v) is 6.43. The fourth-order valence-electron chi connectivity index (χ4n) is 1.60. The lowest BCUT2D eigenvalue weighted by Crippen LogP contribution is -2.34. The third-order valence-corrected chi connectivity index (χ3v) is 3.03. The largest absolute Gasteiger partial charge is 0.478 e. The maximum atomic E-state index is 11.9. The van der Waals surface area contributed by atoms with Crippen LogP contribution in [0, 0.1) is 5.92 Å². The van der Waals surface area contributed by atoms with E-state index in [0.29, 0.717) is 5.69 Å². The van der Waals surface area contributed by atoms with E-state index in [1.54, 1.807) is 13.8 Å². The van der Waals surface area contributed by atoms with Crippen LogP contribution < -0.4 is 16.4 Å². The van der Waals surface area contributed by atoms with Gasteiger partial charge in [-0.3, -0.25) is 9.59 Å². The molecule has 21 heavy (non-hydrogen) atoms. The summed E-state index contributed by atoms with van der Waals surface area (Å²) < 4.78 is 0. The molecular formula is C14H19N3O4. The summed E-state index contributed by atoms with van der Waals surface area (Å²) >= 11 is 0. The number of amides is 2. The molecule has 0 spiro atoms.